The third-order valence-corrected chi connectivity index (χ3v) is 6.94. The Labute approximate surface area is 191 Å². The van der Waals surface area contributed by atoms with Gasteiger partial charge in [-0.1, -0.05) is 6.92 Å². The van der Waals surface area contributed by atoms with E-state index in [1.807, 2.05) is 50.2 Å². The van der Waals surface area contributed by atoms with Crippen LogP contribution >= 0.6 is 11.3 Å². The highest BCUT2D eigenvalue weighted by atomic mass is 32.1. The molecule has 0 aliphatic carbocycles. The van der Waals surface area contributed by atoms with Crippen LogP contribution in [0.5, 0.6) is 0 Å². The number of cyclic esters (lactones) is 1. The average molecular weight is 457 g/mol. The number of rotatable bonds is 8. The molecule has 2 aliphatic rings. The van der Waals surface area contributed by atoms with Crippen LogP contribution in [0, 0.1) is 12.8 Å². The number of amides is 2. The Morgan fingerprint density at radius 1 is 1.12 bits per heavy atom. The van der Waals surface area contributed by atoms with Crippen LogP contribution in [0.15, 0.2) is 36.4 Å². The molecule has 4 rings (SSSR count). The van der Waals surface area contributed by atoms with Crippen LogP contribution in [0.4, 0.5) is 16.2 Å². The molecule has 1 unspecified atom stereocenters. The number of hydrogen-bond acceptors (Lipinski definition) is 6. The second kappa shape index (κ2) is 9.83. The van der Waals surface area contributed by atoms with Gasteiger partial charge in [0.2, 0.25) is 0 Å². The third-order valence-electron chi connectivity index (χ3n) is 5.93. The van der Waals surface area contributed by atoms with E-state index in [0.29, 0.717) is 19.7 Å². The number of hydrogen-bond donors (Lipinski definition) is 0. The Hall–Kier alpha value is -2.71. The maximum atomic E-state index is 12.5. The Kier molecular flexibility index (Phi) is 6.91. The molecule has 2 saturated heterocycles. The topological polar surface area (TPSA) is 76.2 Å². The fraction of sp³-hybridized carbons (Fsp3) is 0.458. The van der Waals surface area contributed by atoms with Crippen LogP contribution in [0.1, 0.15) is 40.7 Å². The van der Waals surface area contributed by atoms with Crippen LogP contribution in [0.2, 0.25) is 0 Å². The van der Waals surface area contributed by atoms with Gasteiger partial charge in [-0.15, -0.1) is 11.3 Å². The zero-order chi connectivity index (χ0) is 22.7. The molecule has 1 aromatic heterocycles. The number of thiophene rings is 1. The average Bonchev–Trinajstić information content (AvgIpc) is 3.39. The molecule has 0 N–H and O–H groups in total. The Morgan fingerprint density at radius 2 is 1.84 bits per heavy atom. The number of carbonyl (C=O) groups excluding carboxylic acids is 3. The molecule has 3 heterocycles. The van der Waals surface area contributed by atoms with Crippen LogP contribution in [0.25, 0.3) is 0 Å². The molecule has 2 atom stereocenters. The molecule has 2 aliphatic heterocycles. The summed E-state index contributed by atoms with van der Waals surface area (Å²) in [5.41, 5.74) is 1.55. The second-order valence-corrected chi connectivity index (χ2v) is 9.63. The second-order valence-electron chi connectivity index (χ2n) is 8.34. The highest BCUT2D eigenvalue weighted by molar-refractivity contribution is 7.14. The number of benzene rings is 1. The molecular formula is C24H28N2O5S. The highest BCUT2D eigenvalue weighted by Crippen LogP contribution is 2.28. The summed E-state index contributed by atoms with van der Waals surface area (Å²) in [6.07, 6.45) is 1.77. The van der Waals surface area contributed by atoms with Gasteiger partial charge in [-0.2, -0.15) is 0 Å². The summed E-state index contributed by atoms with van der Waals surface area (Å²) in [6.45, 7) is 5.59. The maximum absolute atomic E-state index is 12.5. The molecule has 1 aromatic carbocycles. The fourth-order valence-electron chi connectivity index (χ4n) is 4.08. The summed E-state index contributed by atoms with van der Waals surface area (Å²) < 4.78 is 10.7. The molecule has 32 heavy (non-hydrogen) atoms. The molecule has 170 valence electrons. The molecular weight excluding hydrogens is 428 g/mol. The summed E-state index contributed by atoms with van der Waals surface area (Å²) >= 11 is 1.54. The number of carbonyl (C=O) groups is 3. The van der Waals surface area contributed by atoms with Crippen LogP contribution in [-0.2, 0) is 14.3 Å². The number of nitrogens with zero attached hydrogens (tertiary/aromatic N) is 2. The molecule has 8 heteroatoms. The molecule has 7 nitrogen and oxygen atoms in total. The summed E-state index contributed by atoms with van der Waals surface area (Å²) in [7, 11) is 0. The van der Waals surface area contributed by atoms with E-state index < -0.39 is 0 Å². The quantitative estimate of drug-likeness (QED) is 0.549. The van der Waals surface area contributed by atoms with E-state index in [1.54, 1.807) is 9.80 Å². The van der Waals surface area contributed by atoms with Gasteiger partial charge < -0.3 is 14.4 Å². The lowest BCUT2D eigenvalue weighted by atomic mass is 9.97. The summed E-state index contributed by atoms with van der Waals surface area (Å²) in [5.74, 6) is 0.0789. The summed E-state index contributed by atoms with van der Waals surface area (Å²) in [6, 6.07) is 11.2. The summed E-state index contributed by atoms with van der Waals surface area (Å²) in [4.78, 5) is 42.2. The minimum atomic E-state index is -0.358. The van der Waals surface area contributed by atoms with Gasteiger partial charge in [0.1, 0.15) is 12.7 Å². The van der Waals surface area contributed by atoms with Crippen molar-refractivity contribution in [1.82, 2.24) is 0 Å². The number of Topliss-reactive ketones (excluding diaryl/α,β-unsaturated/α-hetero) is 1. The van der Waals surface area contributed by atoms with Gasteiger partial charge in [-0.05, 0) is 62.6 Å². The van der Waals surface area contributed by atoms with Gasteiger partial charge in [0.05, 0.1) is 18.0 Å². The van der Waals surface area contributed by atoms with Gasteiger partial charge in [0.15, 0.2) is 5.78 Å². The van der Waals surface area contributed by atoms with E-state index in [1.165, 1.54) is 11.3 Å². The number of ketones is 1. The van der Waals surface area contributed by atoms with E-state index in [9.17, 15) is 14.4 Å². The first-order valence-electron chi connectivity index (χ1n) is 11.0. The van der Waals surface area contributed by atoms with Gasteiger partial charge in [0, 0.05) is 28.7 Å². The molecule has 0 saturated carbocycles. The van der Waals surface area contributed by atoms with E-state index in [4.69, 9.17) is 9.47 Å². The van der Waals surface area contributed by atoms with Crippen molar-refractivity contribution >= 4 is 40.5 Å². The van der Waals surface area contributed by atoms with Crippen molar-refractivity contribution < 1.29 is 23.9 Å². The van der Waals surface area contributed by atoms with E-state index in [0.717, 1.165) is 40.4 Å². The van der Waals surface area contributed by atoms with Crippen molar-refractivity contribution in [3.8, 4) is 0 Å². The number of ether oxygens (including phenoxy) is 2. The predicted molar refractivity (Wildman–Crippen MR) is 124 cm³/mol. The first kappa shape index (κ1) is 22.5. The van der Waals surface area contributed by atoms with Crippen molar-refractivity contribution in [3.63, 3.8) is 0 Å². The van der Waals surface area contributed by atoms with Crippen LogP contribution in [0.3, 0.4) is 0 Å². The molecule has 0 radical (unpaired) electrons. The first-order chi connectivity index (χ1) is 15.4. The zero-order valence-electron chi connectivity index (χ0n) is 18.4. The number of anilines is 2. The lowest BCUT2D eigenvalue weighted by molar-refractivity contribution is -0.125. The van der Waals surface area contributed by atoms with Crippen molar-refractivity contribution in [2.24, 2.45) is 5.92 Å². The zero-order valence-corrected chi connectivity index (χ0v) is 19.2. The van der Waals surface area contributed by atoms with Crippen molar-refractivity contribution in [2.45, 2.75) is 39.2 Å². The van der Waals surface area contributed by atoms with Gasteiger partial charge in [-0.3, -0.25) is 14.5 Å². The van der Waals surface area contributed by atoms with Gasteiger partial charge >= 0.3 is 6.09 Å². The van der Waals surface area contributed by atoms with Crippen molar-refractivity contribution in [3.05, 3.63) is 46.2 Å². The van der Waals surface area contributed by atoms with Crippen LogP contribution < -0.4 is 9.80 Å². The Morgan fingerprint density at radius 3 is 2.50 bits per heavy atom. The molecule has 0 spiro atoms. The van der Waals surface area contributed by atoms with Gasteiger partial charge in [-0.25, -0.2) is 4.79 Å². The van der Waals surface area contributed by atoms with Crippen molar-refractivity contribution in [1.29, 1.82) is 0 Å². The molecule has 2 aromatic rings. The number of morpholine rings is 1. The number of aryl methyl sites for hydroxylation is 1. The van der Waals surface area contributed by atoms with Crippen molar-refractivity contribution in [2.75, 3.05) is 36.1 Å². The standard InChI is InChI=1S/C24H28N2O5S/c1-16(23(28)21-11-6-17(2)32-21)4-3-5-20-14-26(24(29)31-20)19-9-7-18(8-10-19)25-12-13-30-15-22(25)27/h6-11,16,20H,3-5,12-15H2,1-2H3/t16?,20-/m0/s1. The summed E-state index contributed by atoms with van der Waals surface area (Å²) in [5, 5.41) is 0. The maximum Gasteiger partial charge on any atom is 0.414 e. The van der Waals surface area contributed by atoms with E-state index >= 15 is 0 Å². The normalized spacial score (nSPS) is 19.9. The monoisotopic (exact) mass is 456 g/mol. The lowest BCUT2D eigenvalue weighted by Crippen LogP contribution is -2.41. The fourth-order valence-corrected chi connectivity index (χ4v) is 5.00. The molecule has 2 amide bonds. The Balaban J connectivity index is 1.27. The molecule has 0 bridgehead atoms. The predicted octanol–water partition coefficient (Wildman–Crippen LogP) is 4.43. The SMILES string of the molecule is Cc1ccc(C(=O)C(C)CCC[C@H]2CN(c3ccc(N4CCOCC4=O)cc3)C(=O)O2)s1. The highest BCUT2D eigenvalue weighted by Gasteiger charge is 2.32. The van der Waals surface area contributed by atoms with Crippen LogP contribution in [-0.4, -0.2) is 50.2 Å². The minimum absolute atomic E-state index is 0.0447. The molecule has 2 fully saturated rings. The minimum Gasteiger partial charge on any atom is -0.444 e. The van der Waals surface area contributed by atoms with Gasteiger partial charge in [0.25, 0.3) is 5.91 Å². The van der Waals surface area contributed by atoms with E-state index in [2.05, 4.69) is 0 Å². The van der Waals surface area contributed by atoms with E-state index in [-0.39, 0.29) is 36.4 Å². The first-order valence-corrected chi connectivity index (χ1v) is 11.8. The lowest BCUT2D eigenvalue weighted by Gasteiger charge is -2.27. The Bertz CT molecular complexity index is 987. The largest absolute Gasteiger partial charge is 0.444 e. The smallest absolute Gasteiger partial charge is 0.414 e. The third kappa shape index (κ3) is 5.02.